The molecule has 0 spiro atoms. The Hall–Kier alpha value is -1.96. The third kappa shape index (κ3) is 3.21. The average molecular weight is 355 g/mol. The molecule has 21 heavy (non-hydrogen) atoms. The molecule has 0 saturated carbocycles. The van der Waals surface area contributed by atoms with Crippen LogP contribution in [0.25, 0.3) is 0 Å². The Morgan fingerprint density at radius 1 is 1.29 bits per heavy atom. The van der Waals surface area contributed by atoms with E-state index in [1.54, 1.807) is 18.7 Å². The molecule has 2 aromatic rings. The van der Waals surface area contributed by atoms with Crippen molar-refractivity contribution in [3.8, 4) is 5.75 Å². The lowest BCUT2D eigenvalue weighted by Gasteiger charge is -2.22. The van der Waals surface area contributed by atoms with Crippen LogP contribution in [0.5, 0.6) is 5.75 Å². The van der Waals surface area contributed by atoms with Gasteiger partial charge in [-0.1, -0.05) is 28.1 Å². The summed E-state index contributed by atoms with van der Waals surface area (Å²) in [5.74, 6) is 0.935. The molecule has 1 aromatic carbocycles. The first-order valence-electron chi connectivity index (χ1n) is 6.18. The number of hydrogen-bond acceptors (Lipinski definition) is 6. The van der Waals surface area contributed by atoms with Crippen LogP contribution in [0.3, 0.4) is 0 Å². The number of nitrogens with zero attached hydrogens (tertiary/aromatic N) is 4. The van der Waals surface area contributed by atoms with Crippen LogP contribution in [-0.2, 0) is 9.53 Å². The zero-order valence-electron chi connectivity index (χ0n) is 11.9. The predicted molar refractivity (Wildman–Crippen MR) is 78.4 cm³/mol. The molecule has 2 rings (SSSR count). The lowest BCUT2D eigenvalue weighted by molar-refractivity contribution is -0.140. The van der Waals surface area contributed by atoms with Crippen molar-refractivity contribution >= 4 is 21.9 Å². The summed E-state index contributed by atoms with van der Waals surface area (Å²) in [5, 5.41) is 11.5. The van der Waals surface area contributed by atoms with Crippen LogP contribution in [-0.4, -0.2) is 45.2 Å². The summed E-state index contributed by atoms with van der Waals surface area (Å²) in [6.45, 7) is 1.77. The van der Waals surface area contributed by atoms with Gasteiger partial charge in [0.1, 0.15) is 22.4 Å². The van der Waals surface area contributed by atoms with Crippen LogP contribution in [0.2, 0.25) is 0 Å². The van der Waals surface area contributed by atoms with Gasteiger partial charge in [-0.25, -0.2) is 4.68 Å². The fraction of sp³-hybridized carbons (Fsp3) is 0.385. The highest BCUT2D eigenvalue weighted by Crippen LogP contribution is 2.29. The predicted octanol–water partition coefficient (Wildman–Crippen LogP) is 1.52. The minimum atomic E-state index is -0.613. The van der Waals surface area contributed by atoms with Gasteiger partial charge >= 0.3 is 5.97 Å². The summed E-state index contributed by atoms with van der Waals surface area (Å²) in [6.07, 6.45) is 0. The zero-order valence-corrected chi connectivity index (χ0v) is 13.4. The molecular formula is C13H15BrN4O3. The van der Waals surface area contributed by atoms with Crippen molar-refractivity contribution in [3.05, 3.63) is 35.7 Å². The van der Waals surface area contributed by atoms with Gasteiger partial charge in [0.05, 0.1) is 14.2 Å². The summed E-state index contributed by atoms with van der Waals surface area (Å²) < 4.78 is 11.5. The van der Waals surface area contributed by atoms with Gasteiger partial charge in [-0.3, -0.25) is 4.79 Å². The van der Waals surface area contributed by atoms with E-state index in [4.69, 9.17) is 9.47 Å². The molecule has 8 heteroatoms. The topological polar surface area (TPSA) is 79.1 Å². The molecule has 0 aliphatic heterocycles. The highest BCUT2D eigenvalue weighted by Gasteiger charge is 2.31. The van der Waals surface area contributed by atoms with E-state index in [2.05, 4.69) is 31.5 Å². The van der Waals surface area contributed by atoms with E-state index in [9.17, 15) is 4.79 Å². The van der Waals surface area contributed by atoms with E-state index in [-0.39, 0.29) is 0 Å². The number of ether oxygens (including phenoxy) is 2. The number of tetrazole rings is 1. The molecule has 112 valence electrons. The van der Waals surface area contributed by atoms with Crippen LogP contribution in [0, 0.1) is 6.92 Å². The SMILES string of the molecule is COC(=O)[C@H](Br)[C@H](c1ccc(OC)cc1)n1nnnc1C. The maximum absolute atomic E-state index is 11.9. The molecule has 0 aliphatic carbocycles. The van der Waals surface area contributed by atoms with Gasteiger partial charge < -0.3 is 9.47 Å². The second kappa shape index (κ2) is 6.66. The number of alkyl halides is 1. The van der Waals surface area contributed by atoms with E-state index in [1.165, 1.54) is 7.11 Å². The number of esters is 1. The highest BCUT2D eigenvalue weighted by molar-refractivity contribution is 9.10. The first-order valence-corrected chi connectivity index (χ1v) is 7.10. The van der Waals surface area contributed by atoms with Gasteiger partial charge in [0.15, 0.2) is 0 Å². The Morgan fingerprint density at radius 3 is 2.43 bits per heavy atom. The van der Waals surface area contributed by atoms with Crippen molar-refractivity contribution in [2.75, 3.05) is 14.2 Å². The Balaban J connectivity index is 2.44. The van der Waals surface area contributed by atoms with Gasteiger partial charge in [0.25, 0.3) is 0 Å². The Morgan fingerprint density at radius 2 is 1.95 bits per heavy atom. The normalized spacial score (nSPS) is 13.5. The largest absolute Gasteiger partial charge is 0.497 e. The molecule has 0 aliphatic rings. The molecule has 0 radical (unpaired) electrons. The standard InChI is InChI=1S/C13H15BrN4O3/c1-8-15-16-17-18(8)12(11(14)13(19)21-3)9-4-6-10(20-2)7-5-9/h4-7,11-12H,1-3H3/t11-,12+/m1/s1. The molecule has 0 fully saturated rings. The smallest absolute Gasteiger partial charge is 0.322 e. The van der Waals surface area contributed by atoms with Crippen molar-refractivity contribution < 1.29 is 14.3 Å². The number of methoxy groups -OCH3 is 2. The van der Waals surface area contributed by atoms with Crippen LogP contribution in [0.15, 0.2) is 24.3 Å². The van der Waals surface area contributed by atoms with Crippen molar-refractivity contribution in [2.24, 2.45) is 0 Å². The number of rotatable bonds is 5. The number of halogens is 1. The number of benzene rings is 1. The quantitative estimate of drug-likeness (QED) is 0.598. The first kappa shape index (κ1) is 15.4. The maximum atomic E-state index is 11.9. The number of carbonyl (C=O) groups excluding carboxylic acids is 1. The molecule has 0 saturated heterocycles. The minimum Gasteiger partial charge on any atom is -0.497 e. The second-order valence-electron chi connectivity index (χ2n) is 4.31. The molecule has 0 amide bonds. The fourth-order valence-corrected chi connectivity index (χ4v) is 2.69. The summed E-state index contributed by atoms with van der Waals surface area (Å²) in [6, 6.07) is 6.94. The Bertz CT molecular complexity index is 614. The maximum Gasteiger partial charge on any atom is 0.322 e. The summed E-state index contributed by atoms with van der Waals surface area (Å²) >= 11 is 3.38. The van der Waals surface area contributed by atoms with E-state index in [0.29, 0.717) is 5.82 Å². The number of aromatic nitrogens is 4. The van der Waals surface area contributed by atoms with E-state index in [1.807, 2.05) is 24.3 Å². The third-order valence-electron chi connectivity index (χ3n) is 3.08. The summed E-state index contributed by atoms with van der Waals surface area (Å²) in [4.78, 5) is 11.3. The van der Waals surface area contributed by atoms with E-state index in [0.717, 1.165) is 11.3 Å². The lowest BCUT2D eigenvalue weighted by Crippen LogP contribution is -2.30. The van der Waals surface area contributed by atoms with Crippen LogP contribution >= 0.6 is 15.9 Å². The Kier molecular flexibility index (Phi) is 4.89. The second-order valence-corrected chi connectivity index (χ2v) is 5.30. The number of aryl methyl sites for hydroxylation is 1. The van der Waals surface area contributed by atoms with Crippen molar-refractivity contribution in [1.29, 1.82) is 0 Å². The van der Waals surface area contributed by atoms with Gasteiger partial charge in [0, 0.05) is 0 Å². The van der Waals surface area contributed by atoms with Crippen LogP contribution < -0.4 is 4.74 Å². The number of hydrogen-bond donors (Lipinski definition) is 0. The van der Waals surface area contributed by atoms with Crippen LogP contribution in [0.1, 0.15) is 17.4 Å². The van der Waals surface area contributed by atoms with Crippen molar-refractivity contribution in [1.82, 2.24) is 20.2 Å². The van der Waals surface area contributed by atoms with Crippen LogP contribution in [0.4, 0.5) is 0 Å². The Labute approximate surface area is 130 Å². The van der Waals surface area contributed by atoms with Gasteiger partial charge in [0.2, 0.25) is 0 Å². The van der Waals surface area contributed by atoms with Crippen molar-refractivity contribution in [3.63, 3.8) is 0 Å². The molecule has 0 bridgehead atoms. The van der Waals surface area contributed by atoms with Gasteiger partial charge in [-0.15, -0.1) is 5.10 Å². The van der Waals surface area contributed by atoms with Gasteiger partial charge in [-0.2, -0.15) is 0 Å². The first-order chi connectivity index (χ1) is 10.1. The van der Waals surface area contributed by atoms with Crippen molar-refractivity contribution in [2.45, 2.75) is 17.8 Å². The molecule has 0 unspecified atom stereocenters. The molecule has 2 atom stereocenters. The monoisotopic (exact) mass is 354 g/mol. The molecule has 0 N–H and O–H groups in total. The minimum absolute atomic E-state index is 0.397. The van der Waals surface area contributed by atoms with E-state index >= 15 is 0 Å². The molecule has 1 heterocycles. The fourth-order valence-electron chi connectivity index (χ4n) is 1.97. The molecule has 1 aromatic heterocycles. The zero-order chi connectivity index (χ0) is 15.4. The highest BCUT2D eigenvalue weighted by atomic mass is 79.9. The van der Waals surface area contributed by atoms with Gasteiger partial charge in [-0.05, 0) is 35.0 Å². The molecular weight excluding hydrogens is 340 g/mol. The third-order valence-corrected chi connectivity index (χ3v) is 3.96. The molecule has 7 nitrogen and oxygen atoms in total. The summed E-state index contributed by atoms with van der Waals surface area (Å²) in [7, 11) is 2.94. The number of carbonyl (C=O) groups is 1. The van der Waals surface area contributed by atoms with E-state index < -0.39 is 16.8 Å². The average Bonchev–Trinajstić information content (AvgIpc) is 2.93. The lowest BCUT2D eigenvalue weighted by atomic mass is 10.0. The summed E-state index contributed by atoms with van der Waals surface area (Å²) in [5.41, 5.74) is 0.860.